The number of hydrogen-bond donors (Lipinski definition) is 1. The van der Waals surface area contributed by atoms with Crippen molar-refractivity contribution in [2.75, 3.05) is 33.9 Å². The molecule has 29 heavy (non-hydrogen) atoms. The number of likely N-dealkylation sites (tertiary alicyclic amines) is 1. The van der Waals surface area contributed by atoms with Crippen LogP contribution in [-0.2, 0) is 17.9 Å². The van der Waals surface area contributed by atoms with Crippen LogP contribution in [0.25, 0.3) is 0 Å². The molecule has 0 saturated carbocycles. The van der Waals surface area contributed by atoms with Crippen molar-refractivity contribution in [1.82, 2.24) is 10.2 Å². The average Bonchev–Trinajstić information content (AvgIpc) is 3.17. The van der Waals surface area contributed by atoms with Crippen LogP contribution in [-0.4, -0.2) is 44.7 Å². The number of carbonyl (C=O) groups excluding carboxylic acids is 1. The van der Waals surface area contributed by atoms with E-state index in [1.54, 1.807) is 14.2 Å². The van der Waals surface area contributed by atoms with E-state index in [4.69, 9.17) is 14.2 Å². The fourth-order valence-corrected chi connectivity index (χ4v) is 3.39. The molecule has 6 nitrogen and oxygen atoms in total. The Kier molecular flexibility index (Phi) is 7.76. The van der Waals surface area contributed by atoms with Gasteiger partial charge < -0.3 is 24.4 Å². The van der Waals surface area contributed by atoms with E-state index in [1.807, 2.05) is 35.2 Å². The highest BCUT2D eigenvalue weighted by atomic mass is 16.5. The van der Waals surface area contributed by atoms with Gasteiger partial charge in [-0.05, 0) is 54.8 Å². The van der Waals surface area contributed by atoms with E-state index < -0.39 is 0 Å². The molecular weight excluding hydrogens is 368 g/mol. The van der Waals surface area contributed by atoms with Gasteiger partial charge in [-0.15, -0.1) is 0 Å². The van der Waals surface area contributed by atoms with Gasteiger partial charge in [0.05, 0.1) is 14.2 Å². The van der Waals surface area contributed by atoms with E-state index >= 15 is 0 Å². The van der Waals surface area contributed by atoms with Crippen molar-refractivity contribution in [1.29, 1.82) is 0 Å². The van der Waals surface area contributed by atoms with Crippen molar-refractivity contribution in [2.45, 2.75) is 32.4 Å². The van der Waals surface area contributed by atoms with Crippen molar-refractivity contribution in [2.24, 2.45) is 0 Å². The summed E-state index contributed by atoms with van der Waals surface area (Å²) in [6.07, 6.45) is 2.70. The molecule has 0 spiro atoms. The molecule has 2 aromatic rings. The van der Waals surface area contributed by atoms with Gasteiger partial charge in [-0.3, -0.25) is 4.79 Å². The van der Waals surface area contributed by atoms with Gasteiger partial charge in [0, 0.05) is 32.1 Å². The third kappa shape index (κ3) is 6.39. The first kappa shape index (κ1) is 21.0. The highest BCUT2D eigenvalue weighted by Crippen LogP contribution is 2.23. The third-order valence-corrected chi connectivity index (χ3v) is 5.02. The Morgan fingerprint density at radius 2 is 1.69 bits per heavy atom. The lowest BCUT2D eigenvalue weighted by Gasteiger charge is -2.15. The molecule has 0 radical (unpaired) electrons. The molecule has 1 aliphatic rings. The van der Waals surface area contributed by atoms with Gasteiger partial charge in [0.15, 0.2) is 0 Å². The van der Waals surface area contributed by atoms with E-state index in [-0.39, 0.29) is 0 Å². The molecule has 1 saturated heterocycles. The molecule has 3 rings (SSSR count). The lowest BCUT2D eigenvalue weighted by molar-refractivity contribution is -0.127. The van der Waals surface area contributed by atoms with Crippen molar-refractivity contribution in [3.05, 3.63) is 53.6 Å². The molecule has 6 heteroatoms. The zero-order valence-corrected chi connectivity index (χ0v) is 17.3. The topological polar surface area (TPSA) is 60.0 Å². The van der Waals surface area contributed by atoms with Gasteiger partial charge in [0.2, 0.25) is 5.91 Å². The van der Waals surface area contributed by atoms with E-state index in [9.17, 15) is 4.79 Å². The predicted octanol–water partition coefficient (Wildman–Crippen LogP) is 3.38. The van der Waals surface area contributed by atoms with Crippen LogP contribution in [0.3, 0.4) is 0 Å². The summed E-state index contributed by atoms with van der Waals surface area (Å²) in [6.45, 7) is 3.93. The molecule has 0 aliphatic carbocycles. The average molecular weight is 399 g/mol. The number of carbonyl (C=O) groups is 1. The van der Waals surface area contributed by atoms with Gasteiger partial charge in [-0.2, -0.15) is 0 Å². The van der Waals surface area contributed by atoms with E-state index in [0.717, 1.165) is 61.8 Å². The van der Waals surface area contributed by atoms with Crippen LogP contribution in [0.1, 0.15) is 30.4 Å². The van der Waals surface area contributed by atoms with Gasteiger partial charge in [-0.25, -0.2) is 0 Å². The molecule has 0 aromatic heterocycles. The monoisotopic (exact) mass is 398 g/mol. The normalized spacial score (nSPS) is 13.6. The summed E-state index contributed by atoms with van der Waals surface area (Å²) in [6, 6.07) is 13.8. The summed E-state index contributed by atoms with van der Waals surface area (Å²) < 4.78 is 16.5. The molecule has 1 fully saturated rings. The molecule has 2 aromatic carbocycles. The fraction of sp³-hybridized carbons (Fsp3) is 0.435. The van der Waals surface area contributed by atoms with Crippen molar-refractivity contribution < 1.29 is 19.0 Å². The third-order valence-electron chi connectivity index (χ3n) is 5.02. The number of amides is 1. The van der Waals surface area contributed by atoms with E-state index in [2.05, 4.69) is 17.4 Å². The number of rotatable bonds is 11. The summed E-state index contributed by atoms with van der Waals surface area (Å²) in [5, 5.41) is 3.44. The molecule has 0 unspecified atom stereocenters. The van der Waals surface area contributed by atoms with Crippen molar-refractivity contribution in [3.8, 4) is 17.2 Å². The molecule has 0 bridgehead atoms. The molecule has 156 valence electrons. The number of ether oxygens (including phenoxy) is 3. The van der Waals surface area contributed by atoms with Crippen molar-refractivity contribution >= 4 is 5.91 Å². The Bertz CT molecular complexity index is 770. The number of nitrogens with zero attached hydrogens (tertiary/aromatic N) is 1. The number of methoxy groups -OCH3 is 2. The van der Waals surface area contributed by atoms with Crippen LogP contribution in [0.15, 0.2) is 42.5 Å². The molecule has 1 heterocycles. The maximum atomic E-state index is 11.6. The number of nitrogens with one attached hydrogen (secondary N) is 1. The minimum atomic E-state index is 0.299. The lowest BCUT2D eigenvalue weighted by atomic mass is 10.2. The Labute approximate surface area is 172 Å². The van der Waals surface area contributed by atoms with Crippen LogP contribution >= 0.6 is 0 Å². The molecule has 1 N–H and O–H groups in total. The largest absolute Gasteiger partial charge is 0.497 e. The molecule has 1 amide bonds. The minimum Gasteiger partial charge on any atom is -0.497 e. The second-order valence-electron chi connectivity index (χ2n) is 7.17. The second-order valence-corrected chi connectivity index (χ2v) is 7.17. The molecule has 0 atom stereocenters. The zero-order valence-electron chi connectivity index (χ0n) is 17.3. The Morgan fingerprint density at radius 1 is 0.966 bits per heavy atom. The standard InChI is InChI=1S/C23H30N2O4/c1-27-21-13-19(14-22(15-21)28-2)17-29-20-8-6-18(7-9-20)16-24-10-4-12-25-11-3-5-23(25)26/h6-9,13-15,24H,3-5,10-12,16-17H2,1-2H3. The molecule has 1 aliphatic heterocycles. The zero-order chi connectivity index (χ0) is 20.5. The summed E-state index contributed by atoms with van der Waals surface area (Å²) in [5.74, 6) is 2.62. The number of benzene rings is 2. The van der Waals surface area contributed by atoms with Crippen molar-refractivity contribution in [3.63, 3.8) is 0 Å². The summed E-state index contributed by atoms with van der Waals surface area (Å²) in [5.41, 5.74) is 2.20. The Hall–Kier alpha value is -2.73. The summed E-state index contributed by atoms with van der Waals surface area (Å²) in [7, 11) is 3.27. The lowest BCUT2D eigenvalue weighted by Crippen LogP contribution is -2.28. The van der Waals surface area contributed by atoms with E-state index in [1.165, 1.54) is 5.56 Å². The molecular formula is C23H30N2O4. The highest BCUT2D eigenvalue weighted by Gasteiger charge is 2.18. The fourth-order valence-electron chi connectivity index (χ4n) is 3.39. The SMILES string of the molecule is COc1cc(COc2ccc(CNCCCN3CCCC3=O)cc2)cc(OC)c1. The van der Waals surface area contributed by atoms with Gasteiger partial charge >= 0.3 is 0 Å². The highest BCUT2D eigenvalue weighted by molar-refractivity contribution is 5.77. The first-order valence-electron chi connectivity index (χ1n) is 10.1. The quantitative estimate of drug-likeness (QED) is 0.588. The van der Waals surface area contributed by atoms with Crippen LogP contribution in [0.5, 0.6) is 17.2 Å². The Balaban J connectivity index is 1.39. The summed E-state index contributed by atoms with van der Waals surface area (Å²) in [4.78, 5) is 13.5. The smallest absolute Gasteiger partial charge is 0.222 e. The maximum Gasteiger partial charge on any atom is 0.222 e. The summed E-state index contributed by atoms with van der Waals surface area (Å²) >= 11 is 0. The maximum absolute atomic E-state index is 11.6. The predicted molar refractivity (Wildman–Crippen MR) is 112 cm³/mol. The van der Waals surface area contributed by atoms with Crippen LogP contribution < -0.4 is 19.5 Å². The minimum absolute atomic E-state index is 0.299. The van der Waals surface area contributed by atoms with Gasteiger partial charge in [0.1, 0.15) is 23.9 Å². The van der Waals surface area contributed by atoms with Gasteiger partial charge in [-0.1, -0.05) is 12.1 Å². The van der Waals surface area contributed by atoms with E-state index in [0.29, 0.717) is 18.9 Å². The second kappa shape index (κ2) is 10.7. The van der Waals surface area contributed by atoms with Crippen LogP contribution in [0, 0.1) is 0 Å². The van der Waals surface area contributed by atoms with Crippen LogP contribution in [0.4, 0.5) is 0 Å². The first-order chi connectivity index (χ1) is 14.2. The van der Waals surface area contributed by atoms with Gasteiger partial charge in [0.25, 0.3) is 0 Å². The first-order valence-corrected chi connectivity index (χ1v) is 10.1. The Morgan fingerprint density at radius 3 is 2.31 bits per heavy atom. The van der Waals surface area contributed by atoms with Crippen LogP contribution in [0.2, 0.25) is 0 Å². The number of hydrogen-bond acceptors (Lipinski definition) is 5.